The quantitative estimate of drug-likeness (QED) is 0.662. The third kappa shape index (κ3) is 3.08. The molecule has 1 amide bonds. The Morgan fingerprint density at radius 2 is 1.76 bits per heavy atom. The largest absolute Gasteiger partial charge is 0.412 e. The van der Waals surface area contributed by atoms with Crippen molar-refractivity contribution in [3.63, 3.8) is 0 Å². The van der Waals surface area contributed by atoms with Gasteiger partial charge in [-0.05, 0) is 6.42 Å². The van der Waals surface area contributed by atoms with Crippen LogP contribution in [-0.2, 0) is 0 Å². The summed E-state index contributed by atoms with van der Waals surface area (Å²) in [5, 5.41) is 2.13. The summed E-state index contributed by atoms with van der Waals surface area (Å²) >= 11 is 0. The number of halogens is 4. The Morgan fingerprint density at radius 1 is 1.24 bits per heavy atom. The lowest BCUT2D eigenvalue weighted by Crippen LogP contribution is -2.28. The predicted octanol–water partition coefficient (Wildman–Crippen LogP) is 2.74. The fourth-order valence-electron chi connectivity index (χ4n) is 0.997. The monoisotopic (exact) mass is 251 g/mol. The Kier molecular flexibility index (Phi) is 4.30. The van der Waals surface area contributed by atoms with Gasteiger partial charge in [-0.3, -0.25) is 0 Å². The van der Waals surface area contributed by atoms with E-state index in [1.807, 2.05) is 0 Å². The van der Waals surface area contributed by atoms with Gasteiger partial charge in [-0.15, -0.1) is 0 Å². The van der Waals surface area contributed by atoms with Crippen molar-refractivity contribution >= 4 is 6.09 Å². The lowest BCUT2D eigenvalue weighted by Gasteiger charge is -2.08. The second-order valence-corrected chi connectivity index (χ2v) is 3.11. The first-order valence-electron chi connectivity index (χ1n) is 4.76. The van der Waals surface area contributed by atoms with Crippen molar-refractivity contribution in [3.05, 3.63) is 29.3 Å². The van der Waals surface area contributed by atoms with Crippen LogP contribution in [0.1, 0.15) is 13.3 Å². The molecule has 0 unspecified atom stereocenters. The average Bonchev–Trinajstić information content (AvgIpc) is 2.29. The molecule has 1 N–H and O–H groups in total. The molecule has 0 aliphatic rings. The van der Waals surface area contributed by atoms with Gasteiger partial charge in [-0.1, -0.05) is 6.92 Å². The number of hydrogen-bond donors (Lipinski definition) is 1. The minimum absolute atomic E-state index is 0.0292. The van der Waals surface area contributed by atoms with Crippen LogP contribution in [0.4, 0.5) is 22.4 Å². The Labute approximate surface area is 94.4 Å². The minimum atomic E-state index is -1.75. The highest BCUT2D eigenvalue weighted by atomic mass is 19.2. The SMILES string of the molecule is CCCNC(=O)Oc1c(F)c(F)cc(F)c1F. The lowest BCUT2D eigenvalue weighted by atomic mass is 10.3. The maximum Gasteiger partial charge on any atom is 0.412 e. The summed E-state index contributed by atoms with van der Waals surface area (Å²) in [5.74, 6) is -8.17. The van der Waals surface area contributed by atoms with E-state index in [0.29, 0.717) is 6.42 Å². The predicted molar refractivity (Wildman–Crippen MR) is 50.6 cm³/mol. The van der Waals surface area contributed by atoms with Gasteiger partial charge in [0.1, 0.15) is 0 Å². The van der Waals surface area contributed by atoms with Crippen LogP contribution in [0.2, 0.25) is 0 Å². The Morgan fingerprint density at radius 3 is 2.24 bits per heavy atom. The van der Waals surface area contributed by atoms with Crippen LogP contribution in [0.3, 0.4) is 0 Å². The van der Waals surface area contributed by atoms with E-state index in [1.54, 1.807) is 6.92 Å². The fraction of sp³-hybridized carbons (Fsp3) is 0.300. The molecule has 94 valence electrons. The van der Waals surface area contributed by atoms with E-state index in [0.717, 1.165) is 0 Å². The topological polar surface area (TPSA) is 38.3 Å². The number of rotatable bonds is 3. The average molecular weight is 251 g/mol. The first-order valence-corrected chi connectivity index (χ1v) is 4.76. The Bertz CT molecular complexity index is 411. The molecule has 3 nitrogen and oxygen atoms in total. The number of carbonyl (C=O) groups excluding carboxylic acids is 1. The van der Waals surface area contributed by atoms with Crippen molar-refractivity contribution in [2.45, 2.75) is 13.3 Å². The minimum Gasteiger partial charge on any atom is -0.404 e. The van der Waals surface area contributed by atoms with Gasteiger partial charge in [-0.25, -0.2) is 13.6 Å². The standard InChI is InChI=1S/C10H9F4NO2/c1-2-3-15-10(16)17-9-7(13)5(11)4-6(12)8(9)14/h4H,2-3H2,1H3,(H,15,16). The molecule has 0 radical (unpaired) electrons. The summed E-state index contributed by atoms with van der Waals surface area (Å²) in [6.45, 7) is 1.95. The normalized spacial score (nSPS) is 10.2. The molecule has 0 heterocycles. The molecule has 17 heavy (non-hydrogen) atoms. The van der Waals surface area contributed by atoms with E-state index < -0.39 is 35.1 Å². The number of hydrogen-bond acceptors (Lipinski definition) is 2. The van der Waals surface area contributed by atoms with Crippen LogP contribution >= 0.6 is 0 Å². The van der Waals surface area contributed by atoms with Gasteiger partial charge in [0.15, 0.2) is 11.6 Å². The molecule has 1 aromatic rings. The van der Waals surface area contributed by atoms with Gasteiger partial charge in [0, 0.05) is 12.6 Å². The molecule has 0 saturated carbocycles. The summed E-state index contributed by atoms with van der Waals surface area (Å²) in [6, 6.07) is 0.0292. The Hall–Kier alpha value is -1.79. The third-order valence-electron chi connectivity index (χ3n) is 1.79. The van der Waals surface area contributed by atoms with Crippen LogP contribution in [0.25, 0.3) is 0 Å². The first kappa shape index (κ1) is 13.3. The van der Waals surface area contributed by atoms with Crippen LogP contribution in [0.5, 0.6) is 5.75 Å². The zero-order valence-corrected chi connectivity index (χ0v) is 8.82. The molecule has 1 rings (SSSR count). The van der Waals surface area contributed by atoms with Crippen molar-refractivity contribution in [1.82, 2.24) is 5.32 Å². The van der Waals surface area contributed by atoms with E-state index in [9.17, 15) is 22.4 Å². The summed E-state index contributed by atoms with van der Waals surface area (Å²) < 4.78 is 55.7. The van der Waals surface area contributed by atoms with Gasteiger partial charge >= 0.3 is 6.09 Å². The third-order valence-corrected chi connectivity index (χ3v) is 1.79. The molecule has 0 spiro atoms. The molecule has 0 aliphatic heterocycles. The van der Waals surface area contributed by atoms with E-state index in [4.69, 9.17) is 0 Å². The van der Waals surface area contributed by atoms with Crippen LogP contribution in [-0.4, -0.2) is 12.6 Å². The number of amides is 1. The zero-order valence-electron chi connectivity index (χ0n) is 8.82. The van der Waals surface area contributed by atoms with Crippen LogP contribution in [0, 0.1) is 23.3 Å². The van der Waals surface area contributed by atoms with Crippen molar-refractivity contribution < 1.29 is 27.1 Å². The lowest BCUT2D eigenvalue weighted by molar-refractivity contribution is 0.194. The highest BCUT2D eigenvalue weighted by molar-refractivity contribution is 5.70. The summed E-state index contributed by atoms with van der Waals surface area (Å²) in [4.78, 5) is 11.0. The molecule has 1 aromatic carbocycles. The highest BCUT2D eigenvalue weighted by Gasteiger charge is 2.22. The first-order chi connectivity index (χ1) is 7.97. The van der Waals surface area contributed by atoms with Crippen LogP contribution in [0.15, 0.2) is 6.07 Å². The van der Waals surface area contributed by atoms with Gasteiger partial charge < -0.3 is 10.1 Å². The summed E-state index contributed by atoms with van der Waals surface area (Å²) in [7, 11) is 0. The number of carbonyl (C=O) groups is 1. The van der Waals surface area contributed by atoms with Crippen molar-refractivity contribution in [3.8, 4) is 5.75 Å². The molecule has 0 bridgehead atoms. The molecule has 0 aromatic heterocycles. The van der Waals surface area contributed by atoms with E-state index in [1.165, 1.54) is 0 Å². The number of nitrogens with one attached hydrogen (secondary N) is 1. The Balaban J connectivity index is 2.94. The van der Waals surface area contributed by atoms with E-state index in [-0.39, 0.29) is 12.6 Å². The van der Waals surface area contributed by atoms with Crippen molar-refractivity contribution in [1.29, 1.82) is 0 Å². The zero-order chi connectivity index (χ0) is 13.0. The molecular formula is C10H9F4NO2. The van der Waals surface area contributed by atoms with E-state index in [2.05, 4.69) is 10.1 Å². The van der Waals surface area contributed by atoms with Crippen LogP contribution < -0.4 is 10.1 Å². The molecule has 0 saturated heterocycles. The van der Waals surface area contributed by atoms with Gasteiger partial charge in [0.05, 0.1) is 0 Å². The van der Waals surface area contributed by atoms with Gasteiger partial charge in [-0.2, -0.15) is 8.78 Å². The summed E-state index contributed by atoms with van der Waals surface area (Å²) in [5.41, 5.74) is 0. The molecule has 0 fully saturated rings. The fourth-order valence-corrected chi connectivity index (χ4v) is 0.997. The van der Waals surface area contributed by atoms with E-state index >= 15 is 0 Å². The smallest absolute Gasteiger partial charge is 0.404 e. The maximum atomic E-state index is 13.0. The molecule has 0 atom stereocenters. The van der Waals surface area contributed by atoms with Crippen molar-refractivity contribution in [2.24, 2.45) is 0 Å². The molecular weight excluding hydrogens is 242 g/mol. The van der Waals surface area contributed by atoms with Gasteiger partial charge in [0.25, 0.3) is 0 Å². The highest BCUT2D eigenvalue weighted by Crippen LogP contribution is 2.26. The molecule has 7 heteroatoms. The number of benzene rings is 1. The van der Waals surface area contributed by atoms with Gasteiger partial charge in [0.2, 0.25) is 17.4 Å². The molecule has 0 aliphatic carbocycles. The number of ether oxygens (including phenoxy) is 1. The second-order valence-electron chi connectivity index (χ2n) is 3.11. The summed E-state index contributed by atoms with van der Waals surface area (Å²) in [6.07, 6.45) is -0.618. The maximum absolute atomic E-state index is 13.0. The second kappa shape index (κ2) is 5.51. The van der Waals surface area contributed by atoms with Crippen molar-refractivity contribution in [2.75, 3.05) is 6.54 Å².